The van der Waals surface area contributed by atoms with Crippen molar-refractivity contribution >= 4 is 5.97 Å². The number of hydrogen-bond donors (Lipinski definition) is 1. The van der Waals surface area contributed by atoms with Crippen LogP contribution in [0.1, 0.15) is 29.5 Å². The lowest BCUT2D eigenvalue weighted by molar-refractivity contribution is 0.0689. The van der Waals surface area contributed by atoms with E-state index in [-0.39, 0.29) is 11.4 Å². The summed E-state index contributed by atoms with van der Waals surface area (Å²) in [6, 6.07) is 2.99. The summed E-state index contributed by atoms with van der Waals surface area (Å²) in [5.41, 5.74) is 0.0518. The van der Waals surface area contributed by atoms with Crippen LogP contribution < -0.4 is 0 Å². The molecule has 19 heavy (non-hydrogen) atoms. The molecule has 0 saturated heterocycles. The molecule has 0 saturated carbocycles. The van der Waals surface area contributed by atoms with Crippen LogP contribution in [-0.2, 0) is 6.42 Å². The molecule has 0 aliphatic carbocycles. The molecule has 2 aromatic rings. The topological polar surface area (TPSA) is 68.0 Å². The van der Waals surface area contributed by atoms with Crippen molar-refractivity contribution in [3.05, 3.63) is 41.2 Å². The van der Waals surface area contributed by atoms with E-state index in [4.69, 9.17) is 5.11 Å². The highest BCUT2D eigenvalue weighted by Gasteiger charge is 2.20. The molecule has 0 bridgehead atoms. The van der Waals surface area contributed by atoms with Crippen molar-refractivity contribution in [2.45, 2.75) is 19.8 Å². The molecule has 0 atom stereocenters. The molecular formula is C12H11F2N3O2. The van der Waals surface area contributed by atoms with Crippen molar-refractivity contribution < 1.29 is 18.7 Å². The number of benzene rings is 1. The van der Waals surface area contributed by atoms with Gasteiger partial charge in [0.2, 0.25) is 0 Å². The van der Waals surface area contributed by atoms with E-state index in [1.165, 1.54) is 6.07 Å². The smallest absolute Gasteiger partial charge is 0.358 e. The van der Waals surface area contributed by atoms with Crippen LogP contribution in [0.2, 0.25) is 0 Å². The molecule has 0 aliphatic heterocycles. The number of hydrogen-bond acceptors (Lipinski definition) is 3. The molecule has 5 nitrogen and oxygen atoms in total. The van der Waals surface area contributed by atoms with Gasteiger partial charge < -0.3 is 5.11 Å². The Morgan fingerprint density at radius 3 is 2.74 bits per heavy atom. The van der Waals surface area contributed by atoms with Crippen molar-refractivity contribution in [2.24, 2.45) is 0 Å². The Morgan fingerprint density at radius 2 is 2.16 bits per heavy atom. The van der Waals surface area contributed by atoms with Crippen molar-refractivity contribution in [1.82, 2.24) is 15.0 Å². The molecule has 1 aromatic heterocycles. The summed E-state index contributed by atoms with van der Waals surface area (Å²) in [5.74, 6) is -2.76. The van der Waals surface area contributed by atoms with Gasteiger partial charge in [-0.2, -0.15) is 0 Å². The Labute approximate surface area is 107 Å². The van der Waals surface area contributed by atoms with Gasteiger partial charge in [-0.05, 0) is 18.6 Å². The molecule has 0 radical (unpaired) electrons. The normalized spacial score (nSPS) is 10.7. The predicted molar refractivity (Wildman–Crippen MR) is 62.2 cm³/mol. The summed E-state index contributed by atoms with van der Waals surface area (Å²) in [5, 5.41) is 16.2. The maximum atomic E-state index is 13.7. The van der Waals surface area contributed by atoms with E-state index < -0.39 is 17.6 Å². The summed E-state index contributed by atoms with van der Waals surface area (Å²) < 4.78 is 27.7. The molecule has 0 spiro atoms. The SMILES string of the molecule is CCCc1c(C(=O)O)nnn1-c1ccc(F)cc1F. The standard InChI is InChI=1S/C12H11F2N3O2/c1-2-3-10-11(12(18)19)15-16-17(10)9-5-4-7(13)6-8(9)14/h4-6H,2-3H2,1H3,(H,18,19). The highest BCUT2D eigenvalue weighted by atomic mass is 19.1. The molecule has 7 heteroatoms. The Bertz CT molecular complexity index is 625. The van der Waals surface area contributed by atoms with Gasteiger partial charge in [-0.25, -0.2) is 18.3 Å². The van der Waals surface area contributed by atoms with E-state index in [2.05, 4.69) is 10.3 Å². The first kappa shape index (κ1) is 13.1. The predicted octanol–water partition coefficient (Wildman–Crippen LogP) is 2.20. The zero-order valence-corrected chi connectivity index (χ0v) is 10.1. The number of carboxylic acid groups (broad SMARTS) is 1. The van der Waals surface area contributed by atoms with Crippen LogP contribution >= 0.6 is 0 Å². The zero-order valence-electron chi connectivity index (χ0n) is 10.1. The molecule has 0 fully saturated rings. The molecule has 2 rings (SSSR count). The van der Waals surface area contributed by atoms with E-state index in [0.717, 1.165) is 10.7 Å². The lowest BCUT2D eigenvalue weighted by Crippen LogP contribution is -2.08. The largest absolute Gasteiger partial charge is 0.476 e. The first-order chi connectivity index (χ1) is 9.04. The van der Waals surface area contributed by atoms with Crippen molar-refractivity contribution in [1.29, 1.82) is 0 Å². The molecule has 1 N–H and O–H groups in total. The number of nitrogens with zero attached hydrogens (tertiary/aromatic N) is 3. The van der Waals surface area contributed by atoms with Crippen LogP contribution in [0.5, 0.6) is 0 Å². The monoisotopic (exact) mass is 267 g/mol. The van der Waals surface area contributed by atoms with Crippen LogP contribution in [0, 0.1) is 11.6 Å². The van der Waals surface area contributed by atoms with Gasteiger partial charge in [-0.3, -0.25) is 0 Å². The van der Waals surface area contributed by atoms with Crippen LogP contribution in [0.4, 0.5) is 8.78 Å². The fraction of sp³-hybridized carbons (Fsp3) is 0.250. The third kappa shape index (κ3) is 2.44. The second-order valence-corrected chi connectivity index (χ2v) is 3.95. The van der Waals surface area contributed by atoms with E-state index in [1.807, 2.05) is 6.92 Å². The Hall–Kier alpha value is -2.31. The zero-order chi connectivity index (χ0) is 14.0. The molecule has 100 valence electrons. The van der Waals surface area contributed by atoms with Gasteiger partial charge in [0.1, 0.15) is 11.5 Å². The lowest BCUT2D eigenvalue weighted by atomic mass is 10.2. The minimum absolute atomic E-state index is 0.0233. The number of aromatic carboxylic acids is 1. The summed E-state index contributed by atoms with van der Waals surface area (Å²) >= 11 is 0. The first-order valence-corrected chi connectivity index (χ1v) is 5.68. The van der Waals surface area contributed by atoms with Gasteiger partial charge in [0.15, 0.2) is 11.5 Å². The number of carboxylic acids is 1. The van der Waals surface area contributed by atoms with Gasteiger partial charge in [0.05, 0.1) is 5.69 Å². The second kappa shape index (κ2) is 5.13. The van der Waals surface area contributed by atoms with Crippen molar-refractivity contribution in [3.63, 3.8) is 0 Å². The molecular weight excluding hydrogens is 256 g/mol. The van der Waals surface area contributed by atoms with Crippen molar-refractivity contribution in [3.8, 4) is 5.69 Å². The van der Waals surface area contributed by atoms with Crippen molar-refractivity contribution in [2.75, 3.05) is 0 Å². The second-order valence-electron chi connectivity index (χ2n) is 3.95. The van der Waals surface area contributed by atoms with Gasteiger partial charge in [-0.1, -0.05) is 18.6 Å². The highest BCUT2D eigenvalue weighted by Crippen LogP contribution is 2.18. The van der Waals surface area contributed by atoms with E-state index in [1.54, 1.807) is 0 Å². The van der Waals surface area contributed by atoms with Crippen LogP contribution in [0.25, 0.3) is 5.69 Å². The van der Waals surface area contributed by atoms with E-state index >= 15 is 0 Å². The number of halogens is 2. The Balaban J connectivity index is 2.58. The Morgan fingerprint density at radius 1 is 1.42 bits per heavy atom. The van der Waals surface area contributed by atoms with Gasteiger partial charge in [0.25, 0.3) is 0 Å². The lowest BCUT2D eigenvalue weighted by Gasteiger charge is -2.07. The molecule has 0 amide bonds. The van der Waals surface area contributed by atoms with Crippen LogP contribution in [0.3, 0.4) is 0 Å². The Kier molecular flexibility index (Phi) is 3.55. The number of carbonyl (C=O) groups is 1. The molecule has 0 aliphatic rings. The molecule has 1 aromatic carbocycles. The highest BCUT2D eigenvalue weighted by molar-refractivity contribution is 5.86. The van der Waals surface area contributed by atoms with Gasteiger partial charge >= 0.3 is 5.97 Å². The first-order valence-electron chi connectivity index (χ1n) is 5.68. The fourth-order valence-corrected chi connectivity index (χ4v) is 1.78. The third-order valence-electron chi connectivity index (χ3n) is 2.59. The van der Waals surface area contributed by atoms with E-state index in [9.17, 15) is 13.6 Å². The maximum Gasteiger partial charge on any atom is 0.358 e. The third-order valence-corrected chi connectivity index (χ3v) is 2.59. The van der Waals surface area contributed by atoms with E-state index in [0.29, 0.717) is 24.6 Å². The average Bonchev–Trinajstić information content (AvgIpc) is 2.73. The van der Waals surface area contributed by atoms with Gasteiger partial charge in [-0.15, -0.1) is 5.10 Å². The number of aromatic nitrogens is 3. The quantitative estimate of drug-likeness (QED) is 0.922. The minimum Gasteiger partial charge on any atom is -0.476 e. The molecule has 1 heterocycles. The number of rotatable bonds is 4. The van der Waals surface area contributed by atoms with Crippen LogP contribution in [0.15, 0.2) is 18.2 Å². The van der Waals surface area contributed by atoms with Crippen LogP contribution in [-0.4, -0.2) is 26.1 Å². The minimum atomic E-state index is -1.22. The summed E-state index contributed by atoms with van der Waals surface area (Å²) in [6.45, 7) is 1.85. The summed E-state index contributed by atoms with van der Waals surface area (Å²) in [6.07, 6.45) is 1.03. The van der Waals surface area contributed by atoms with Gasteiger partial charge in [0, 0.05) is 6.07 Å². The maximum absolute atomic E-state index is 13.7. The summed E-state index contributed by atoms with van der Waals surface area (Å²) in [7, 11) is 0. The fourth-order valence-electron chi connectivity index (χ4n) is 1.78. The average molecular weight is 267 g/mol. The summed E-state index contributed by atoms with van der Waals surface area (Å²) in [4.78, 5) is 11.0. The molecule has 0 unspecified atom stereocenters.